The van der Waals surface area contributed by atoms with Gasteiger partial charge in [0.15, 0.2) is 0 Å². The quantitative estimate of drug-likeness (QED) is 0.564. The topological polar surface area (TPSA) is 122 Å². The zero-order valence-corrected chi connectivity index (χ0v) is 16.1. The van der Waals surface area contributed by atoms with Crippen molar-refractivity contribution in [1.82, 2.24) is 14.3 Å². The molecule has 0 aliphatic heterocycles. The molecule has 3 aromatic rings. The predicted molar refractivity (Wildman–Crippen MR) is 103 cm³/mol. The minimum atomic E-state index is -3.80. The van der Waals surface area contributed by atoms with Crippen molar-refractivity contribution in [2.24, 2.45) is 0 Å². The highest BCUT2D eigenvalue weighted by Gasteiger charge is 2.21. The van der Waals surface area contributed by atoms with Crippen LogP contribution in [-0.2, 0) is 10.0 Å². The van der Waals surface area contributed by atoms with E-state index in [9.17, 15) is 18.0 Å². The Balaban J connectivity index is 1.72. The molecule has 0 saturated carbocycles. The molecule has 1 aromatic heterocycles. The van der Waals surface area contributed by atoms with E-state index in [1.54, 1.807) is 31.4 Å². The molecule has 0 aliphatic rings. The molecule has 2 aromatic carbocycles. The maximum atomic E-state index is 12.7. The molecule has 0 bridgehead atoms. The fourth-order valence-electron chi connectivity index (χ4n) is 2.52. The summed E-state index contributed by atoms with van der Waals surface area (Å²) in [7, 11) is -0.797. The number of sulfonamides is 1. The van der Waals surface area contributed by atoms with E-state index in [0.29, 0.717) is 17.0 Å². The van der Waals surface area contributed by atoms with Crippen LogP contribution in [0.1, 0.15) is 0 Å². The number of nitrogens with one attached hydrogen (secondary N) is 2. The summed E-state index contributed by atoms with van der Waals surface area (Å²) in [5, 5.41) is 0. The monoisotopic (exact) mass is 405 g/mol. The van der Waals surface area contributed by atoms with Crippen LogP contribution in [0.2, 0.25) is 0 Å². The first-order valence-electron chi connectivity index (χ1n) is 8.31. The van der Waals surface area contributed by atoms with Crippen LogP contribution in [0.4, 0.5) is 0 Å². The van der Waals surface area contributed by atoms with Gasteiger partial charge >= 0.3 is 11.1 Å². The van der Waals surface area contributed by atoms with E-state index in [4.69, 9.17) is 9.47 Å². The number of likely N-dealkylation sites (N-methyl/N-ethyl adjacent to an activating group) is 1. The van der Waals surface area contributed by atoms with E-state index in [0.717, 1.165) is 4.31 Å². The molecule has 10 heteroatoms. The van der Waals surface area contributed by atoms with Gasteiger partial charge in [-0.15, -0.1) is 0 Å². The molecule has 2 N–H and O–H groups in total. The molecule has 148 valence electrons. The van der Waals surface area contributed by atoms with Gasteiger partial charge in [-0.1, -0.05) is 0 Å². The summed E-state index contributed by atoms with van der Waals surface area (Å²) in [4.78, 5) is 27.6. The number of hydrogen-bond donors (Lipinski definition) is 2. The fourth-order valence-corrected chi connectivity index (χ4v) is 3.70. The second-order valence-electron chi connectivity index (χ2n) is 5.97. The second kappa shape index (κ2) is 7.87. The van der Waals surface area contributed by atoms with Crippen LogP contribution in [-0.4, -0.2) is 50.0 Å². The van der Waals surface area contributed by atoms with Gasteiger partial charge in [0.1, 0.15) is 18.1 Å². The lowest BCUT2D eigenvalue weighted by molar-refractivity contribution is 0.286. The van der Waals surface area contributed by atoms with Crippen molar-refractivity contribution in [2.75, 3.05) is 27.3 Å². The Morgan fingerprint density at radius 3 is 2.18 bits per heavy atom. The van der Waals surface area contributed by atoms with Gasteiger partial charge in [-0.05, 0) is 42.5 Å². The van der Waals surface area contributed by atoms with Crippen molar-refractivity contribution < 1.29 is 17.9 Å². The fraction of sp³-hybridized carbons (Fsp3) is 0.222. The van der Waals surface area contributed by atoms with Crippen molar-refractivity contribution in [1.29, 1.82) is 0 Å². The van der Waals surface area contributed by atoms with Gasteiger partial charge in [0.2, 0.25) is 10.0 Å². The number of aromatic amines is 2. The number of H-pyrrole nitrogens is 2. The van der Waals surface area contributed by atoms with Gasteiger partial charge in [0.05, 0.1) is 23.0 Å². The van der Waals surface area contributed by atoms with E-state index in [1.165, 1.54) is 25.2 Å². The third-order valence-electron chi connectivity index (χ3n) is 4.14. The molecule has 0 atom stereocenters. The summed E-state index contributed by atoms with van der Waals surface area (Å²) < 4.78 is 37.3. The van der Waals surface area contributed by atoms with Gasteiger partial charge in [0, 0.05) is 13.6 Å². The number of aromatic nitrogens is 2. The predicted octanol–water partition coefficient (Wildman–Crippen LogP) is 0.924. The molecule has 0 amide bonds. The van der Waals surface area contributed by atoms with E-state index in [-0.39, 0.29) is 23.6 Å². The van der Waals surface area contributed by atoms with Crippen LogP contribution in [0, 0.1) is 0 Å². The number of benzene rings is 2. The lowest BCUT2D eigenvalue weighted by Gasteiger charge is -2.18. The maximum Gasteiger partial charge on any atom is 0.314 e. The van der Waals surface area contributed by atoms with Gasteiger partial charge in [-0.25, -0.2) is 8.42 Å². The van der Waals surface area contributed by atoms with Crippen LogP contribution in [0.5, 0.6) is 11.5 Å². The highest BCUT2D eigenvalue weighted by atomic mass is 32.2. The molecule has 0 aliphatic carbocycles. The Kier molecular flexibility index (Phi) is 5.52. The summed E-state index contributed by atoms with van der Waals surface area (Å²) in [6, 6.07) is 11.1. The summed E-state index contributed by atoms with van der Waals surface area (Å²) >= 11 is 0. The van der Waals surface area contributed by atoms with Crippen LogP contribution in [0.25, 0.3) is 11.0 Å². The van der Waals surface area contributed by atoms with E-state index in [1.807, 2.05) is 0 Å². The van der Waals surface area contributed by atoms with Crippen molar-refractivity contribution in [3.8, 4) is 11.5 Å². The minimum absolute atomic E-state index is 0.00496. The lowest BCUT2D eigenvalue weighted by atomic mass is 10.3. The highest BCUT2D eigenvalue weighted by molar-refractivity contribution is 7.89. The van der Waals surface area contributed by atoms with Crippen LogP contribution in [0.3, 0.4) is 0 Å². The molecule has 1 heterocycles. The average Bonchev–Trinajstić information content (AvgIpc) is 2.69. The number of hydrogen-bond acceptors (Lipinski definition) is 6. The molecule has 0 radical (unpaired) electrons. The first-order chi connectivity index (χ1) is 13.3. The van der Waals surface area contributed by atoms with Gasteiger partial charge in [0.25, 0.3) is 0 Å². The summed E-state index contributed by atoms with van der Waals surface area (Å²) in [5.74, 6) is 1.29. The third-order valence-corrected chi connectivity index (χ3v) is 5.99. The first-order valence-corrected chi connectivity index (χ1v) is 9.75. The minimum Gasteiger partial charge on any atom is -0.497 e. The number of methoxy groups -OCH3 is 1. The summed E-state index contributed by atoms with van der Waals surface area (Å²) in [6.07, 6.45) is 0. The summed E-state index contributed by atoms with van der Waals surface area (Å²) in [5.41, 5.74) is -1.07. The highest BCUT2D eigenvalue weighted by Crippen LogP contribution is 2.19. The number of nitrogens with zero attached hydrogens (tertiary/aromatic N) is 1. The van der Waals surface area contributed by atoms with Crippen LogP contribution >= 0.6 is 0 Å². The molecular formula is C18H19N3O6S. The zero-order chi connectivity index (χ0) is 20.3. The Bertz CT molecular complexity index is 1200. The molecule has 0 saturated heterocycles. The number of ether oxygens (including phenoxy) is 2. The van der Waals surface area contributed by atoms with Crippen molar-refractivity contribution in [3.63, 3.8) is 0 Å². The molecule has 0 fully saturated rings. The number of fused-ring (bicyclic) bond motifs is 1. The van der Waals surface area contributed by atoms with E-state index in [2.05, 4.69) is 9.97 Å². The third kappa shape index (κ3) is 4.07. The van der Waals surface area contributed by atoms with Gasteiger partial charge < -0.3 is 19.4 Å². The summed E-state index contributed by atoms with van der Waals surface area (Å²) in [6.45, 7) is 0.272. The number of rotatable bonds is 7. The first kappa shape index (κ1) is 19.6. The molecule has 0 unspecified atom stereocenters. The maximum absolute atomic E-state index is 12.7. The lowest BCUT2D eigenvalue weighted by Crippen LogP contribution is -2.31. The Hall–Kier alpha value is -3.11. The van der Waals surface area contributed by atoms with Crippen molar-refractivity contribution >= 4 is 21.1 Å². The van der Waals surface area contributed by atoms with Crippen molar-refractivity contribution in [3.05, 3.63) is 63.2 Å². The molecule has 28 heavy (non-hydrogen) atoms. The van der Waals surface area contributed by atoms with E-state index < -0.39 is 21.1 Å². The normalized spacial score (nSPS) is 11.7. The van der Waals surface area contributed by atoms with E-state index >= 15 is 0 Å². The SMILES string of the molecule is COc1ccc(OCCN(C)S(=O)(=O)c2ccc3[nH]c(=O)c(=O)[nH]c3c2)cc1. The van der Waals surface area contributed by atoms with Crippen molar-refractivity contribution in [2.45, 2.75) is 4.90 Å². The smallest absolute Gasteiger partial charge is 0.314 e. The molecular weight excluding hydrogens is 386 g/mol. The Labute approximate surface area is 160 Å². The average molecular weight is 405 g/mol. The van der Waals surface area contributed by atoms with Crippen LogP contribution in [0.15, 0.2) is 56.9 Å². The largest absolute Gasteiger partial charge is 0.497 e. The molecule has 9 nitrogen and oxygen atoms in total. The van der Waals surface area contributed by atoms with Gasteiger partial charge in [-0.3, -0.25) is 9.59 Å². The Morgan fingerprint density at radius 1 is 0.929 bits per heavy atom. The second-order valence-corrected chi connectivity index (χ2v) is 8.01. The molecule has 3 rings (SSSR count). The zero-order valence-electron chi connectivity index (χ0n) is 15.3. The van der Waals surface area contributed by atoms with Crippen LogP contribution < -0.4 is 20.6 Å². The van der Waals surface area contributed by atoms with Gasteiger partial charge in [-0.2, -0.15) is 4.31 Å². The Morgan fingerprint density at radius 2 is 1.54 bits per heavy atom. The molecule has 0 spiro atoms. The standard InChI is InChI=1S/C18H19N3O6S/c1-21(9-10-27-13-5-3-12(26-2)4-6-13)28(24,25)14-7-8-15-16(11-14)20-18(23)17(22)19-15/h3-8,11H,9-10H2,1-2H3,(H,19,22)(H,20,23).